The molecule has 0 spiro atoms. The summed E-state index contributed by atoms with van der Waals surface area (Å²) in [6.45, 7) is 3.86. The van der Waals surface area contributed by atoms with Gasteiger partial charge in [0.15, 0.2) is 0 Å². The molecule has 94 valence electrons. The Balaban J connectivity index is 2.30. The van der Waals surface area contributed by atoms with Crippen LogP contribution >= 0.6 is 15.9 Å². The molecule has 2 aromatic rings. The molecule has 0 saturated heterocycles. The second-order valence-electron chi connectivity index (χ2n) is 4.13. The van der Waals surface area contributed by atoms with Crippen molar-refractivity contribution in [1.29, 1.82) is 0 Å². The Morgan fingerprint density at radius 2 is 1.83 bits per heavy atom. The molecule has 1 aromatic carbocycles. The second-order valence-corrected chi connectivity index (χ2v) is 4.99. The lowest BCUT2D eigenvalue weighted by molar-refractivity contribution is 0.101. The summed E-state index contributed by atoms with van der Waals surface area (Å²) >= 11 is 3.35. The third-order valence-corrected chi connectivity index (χ3v) is 3.41. The van der Waals surface area contributed by atoms with Crippen LogP contribution in [0.25, 0.3) is 0 Å². The molecule has 0 aliphatic rings. The molecular weight excluding hydrogens is 294 g/mol. The van der Waals surface area contributed by atoms with Crippen LogP contribution in [0.3, 0.4) is 0 Å². The smallest absolute Gasteiger partial charge is 0.271 e. The van der Waals surface area contributed by atoms with Crippen LogP contribution in [-0.4, -0.2) is 10.6 Å². The van der Waals surface area contributed by atoms with E-state index in [2.05, 4.69) is 21.4 Å². The Labute approximate surface area is 114 Å². The summed E-state index contributed by atoms with van der Waals surface area (Å²) < 4.78 is 2.47. The Morgan fingerprint density at radius 3 is 2.44 bits per heavy atom. The van der Waals surface area contributed by atoms with E-state index in [4.69, 9.17) is 5.73 Å². The number of amides is 1. The molecule has 0 unspecified atom stereocenters. The maximum atomic E-state index is 12.2. The van der Waals surface area contributed by atoms with E-state index in [1.807, 2.05) is 26.0 Å². The molecule has 4 nitrogen and oxygen atoms in total. The van der Waals surface area contributed by atoms with Gasteiger partial charge in [-0.15, -0.1) is 0 Å². The molecule has 3 N–H and O–H groups in total. The van der Waals surface area contributed by atoms with Gasteiger partial charge in [-0.1, -0.05) is 0 Å². The lowest BCUT2D eigenvalue weighted by atomic mass is 10.2. The molecule has 1 amide bonds. The Bertz CT molecular complexity index is 585. The van der Waals surface area contributed by atoms with Crippen molar-refractivity contribution in [1.82, 2.24) is 4.68 Å². The number of carbonyl (C=O) groups excluding carboxylic acids is 1. The van der Waals surface area contributed by atoms with Crippen molar-refractivity contribution in [2.24, 2.45) is 0 Å². The highest BCUT2D eigenvalue weighted by Gasteiger charge is 2.12. The van der Waals surface area contributed by atoms with Crippen LogP contribution in [0.2, 0.25) is 0 Å². The summed E-state index contributed by atoms with van der Waals surface area (Å²) in [5.74, 6) is -0.198. The van der Waals surface area contributed by atoms with E-state index in [1.165, 1.54) is 0 Å². The molecule has 0 aliphatic heterocycles. The number of anilines is 1. The van der Waals surface area contributed by atoms with Crippen molar-refractivity contribution in [2.75, 3.05) is 11.2 Å². The molecule has 1 heterocycles. The van der Waals surface area contributed by atoms with Crippen molar-refractivity contribution >= 4 is 27.5 Å². The van der Waals surface area contributed by atoms with Crippen molar-refractivity contribution in [3.8, 4) is 0 Å². The van der Waals surface area contributed by atoms with E-state index >= 15 is 0 Å². The number of carbonyl (C=O) groups is 1. The normalized spacial score (nSPS) is 10.4. The molecule has 0 aliphatic carbocycles. The first kappa shape index (κ1) is 12.7. The first-order valence-corrected chi connectivity index (χ1v) is 6.29. The molecular formula is C13H14BrN3O. The highest BCUT2D eigenvalue weighted by Crippen LogP contribution is 2.20. The van der Waals surface area contributed by atoms with Gasteiger partial charge < -0.3 is 5.73 Å². The van der Waals surface area contributed by atoms with E-state index < -0.39 is 0 Å². The average molecular weight is 308 g/mol. The van der Waals surface area contributed by atoms with E-state index in [0.29, 0.717) is 11.3 Å². The third kappa shape index (κ3) is 2.41. The van der Waals surface area contributed by atoms with Crippen LogP contribution in [0.5, 0.6) is 0 Å². The SMILES string of the molecule is Cc1ccc(C)n1NC(=O)c1cc(N)ccc1Br. The quantitative estimate of drug-likeness (QED) is 0.838. The van der Waals surface area contributed by atoms with Crippen LogP contribution in [0.1, 0.15) is 21.7 Å². The van der Waals surface area contributed by atoms with Gasteiger partial charge in [-0.2, -0.15) is 0 Å². The van der Waals surface area contributed by atoms with Gasteiger partial charge in [-0.3, -0.25) is 14.9 Å². The summed E-state index contributed by atoms with van der Waals surface area (Å²) in [4.78, 5) is 12.2. The van der Waals surface area contributed by atoms with Crippen LogP contribution in [-0.2, 0) is 0 Å². The fourth-order valence-electron chi connectivity index (χ4n) is 1.72. The molecule has 1 aromatic heterocycles. The van der Waals surface area contributed by atoms with Gasteiger partial charge >= 0.3 is 0 Å². The number of hydrogen-bond donors (Lipinski definition) is 2. The van der Waals surface area contributed by atoms with Crippen molar-refractivity contribution in [3.63, 3.8) is 0 Å². The van der Waals surface area contributed by atoms with E-state index in [0.717, 1.165) is 15.9 Å². The monoisotopic (exact) mass is 307 g/mol. The van der Waals surface area contributed by atoms with Gasteiger partial charge in [-0.25, -0.2) is 0 Å². The number of aromatic nitrogens is 1. The predicted octanol–water partition coefficient (Wildman–Crippen LogP) is 2.83. The summed E-state index contributed by atoms with van der Waals surface area (Å²) in [5.41, 5.74) is 11.5. The van der Waals surface area contributed by atoms with Crippen LogP contribution in [0, 0.1) is 13.8 Å². The van der Waals surface area contributed by atoms with Crippen LogP contribution < -0.4 is 11.2 Å². The minimum Gasteiger partial charge on any atom is -0.399 e. The van der Waals surface area contributed by atoms with E-state index in [-0.39, 0.29) is 5.91 Å². The highest BCUT2D eigenvalue weighted by molar-refractivity contribution is 9.10. The summed E-state index contributed by atoms with van der Waals surface area (Å²) in [6.07, 6.45) is 0. The van der Waals surface area contributed by atoms with Gasteiger partial charge in [0, 0.05) is 21.5 Å². The van der Waals surface area contributed by atoms with Crippen molar-refractivity contribution in [3.05, 3.63) is 51.8 Å². The number of rotatable bonds is 2. The van der Waals surface area contributed by atoms with Gasteiger partial charge in [-0.05, 0) is 60.1 Å². The van der Waals surface area contributed by atoms with Gasteiger partial charge in [0.2, 0.25) is 0 Å². The highest BCUT2D eigenvalue weighted by atomic mass is 79.9. The van der Waals surface area contributed by atoms with Gasteiger partial charge in [0.05, 0.1) is 5.56 Å². The van der Waals surface area contributed by atoms with Crippen molar-refractivity contribution in [2.45, 2.75) is 13.8 Å². The fourth-order valence-corrected chi connectivity index (χ4v) is 2.15. The number of benzene rings is 1. The lowest BCUT2D eigenvalue weighted by Crippen LogP contribution is -2.25. The van der Waals surface area contributed by atoms with Gasteiger partial charge in [0.1, 0.15) is 0 Å². The number of aryl methyl sites for hydroxylation is 2. The first-order chi connectivity index (χ1) is 8.49. The molecule has 0 atom stereocenters. The molecule has 0 fully saturated rings. The van der Waals surface area contributed by atoms with Crippen molar-refractivity contribution < 1.29 is 4.79 Å². The first-order valence-electron chi connectivity index (χ1n) is 5.50. The number of nitrogens with two attached hydrogens (primary N) is 1. The topological polar surface area (TPSA) is 60.0 Å². The van der Waals surface area contributed by atoms with Crippen LogP contribution in [0.15, 0.2) is 34.8 Å². The maximum Gasteiger partial charge on any atom is 0.271 e. The largest absolute Gasteiger partial charge is 0.399 e. The number of hydrogen-bond acceptors (Lipinski definition) is 2. The summed E-state index contributed by atoms with van der Waals surface area (Å²) in [7, 11) is 0. The Kier molecular flexibility index (Phi) is 3.43. The average Bonchev–Trinajstić information content (AvgIpc) is 2.64. The molecule has 5 heteroatoms. The summed E-state index contributed by atoms with van der Waals surface area (Å²) in [5, 5.41) is 0. The molecule has 2 rings (SSSR count). The predicted molar refractivity (Wildman–Crippen MR) is 76.2 cm³/mol. The standard InChI is InChI=1S/C13H14BrN3O/c1-8-3-4-9(2)17(8)16-13(18)11-7-10(15)5-6-12(11)14/h3-7H,15H2,1-2H3,(H,16,18). The molecule has 0 saturated carbocycles. The van der Waals surface area contributed by atoms with E-state index in [9.17, 15) is 4.79 Å². The fraction of sp³-hybridized carbons (Fsp3) is 0.154. The molecule has 18 heavy (non-hydrogen) atoms. The molecule has 0 bridgehead atoms. The number of nitrogens with zero attached hydrogens (tertiary/aromatic N) is 1. The third-order valence-electron chi connectivity index (χ3n) is 2.72. The number of nitrogen functional groups attached to an aromatic ring is 1. The Hall–Kier alpha value is -1.75. The zero-order valence-corrected chi connectivity index (χ0v) is 11.8. The molecule has 0 radical (unpaired) electrons. The van der Waals surface area contributed by atoms with E-state index in [1.54, 1.807) is 22.9 Å². The van der Waals surface area contributed by atoms with Gasteiger partial charge in [0.25, 0.3) is 5.91 Å². The number of nitrogens with one attached hydrogen (secondary N) is 1. The summed E-state index contributed by atoms with van der Waals surface area (Å²) in [6, 6.07) is 9.05. The lowest BCUT2D eigenvalue weighted by Gasteiger charge is -2.12. The van der Waals surface area contributed by atoms with Crippen LogP contribution in [0.4, 0.5) is 5.69 Å². The zero-order valence-electron chi connectivity index (χ0n) is 10.2. The Morgan fingerprint density at radius 1 is 1.22 bits per heavy atom. The second kappa shape index (κ2) is 4.86. The maximum absolute atomic E-state index is 12.2. The minimum absolute atomic E-state index is 0.198. The minimum atomic E-state index is -0.198. The zero-order chi connectivity index (χ0) is 13.3. The number of halogens is 1.